The van der Waals surface area contributed by atoms with Crippen molar-refractivity contribution >= 4 is 5.78 Å². The van der Waals surface area contributed by atoms with Crippen LogP contribution in [0.3, 0.4) is 0 Å². The van der Waals surface area contributed by atoms with Crippen LogP contribution in [0.2, 0.25) is 0 Å². The average molecular weight is 339 g/mol. The van der Waals surface area contributed by atoms with Crippen LogP contribution in [0.4, 0.5) is 0 Å². The van der Waals surface area contributed by atoms with E-state index in [0.29, 0.717) is 23.0 Å². The van der Waals surface area contributed by atoms with E-state index in [1.165, 1.54) is 0 Å². The van der Waals surface area contributed by atoms with E-state index in [9.17, 15) is 4.79 Å². The summed E-state index contributed by atoms with van der Waals surface area (Å²) in [7, 11) is 3.18. The van der Waals surface area contributed by atoms with E-state index in [1.54, 1.807) is 14.2 Å². The number of carbonyl (C=O) groups is 1. The molecule has 1 aliphatic heterocycles. The van der Waals surface area contributed by atoms with Crippen molar-refractivity contribution < 1.29 is 14.3 Å². The van der Waals surface area contributed by atoms with E-state index in [4.69, 9.17) is 9.47 Å². The first kappa shape index (κ1) is 17.5. The zero-order chi connectivity index (χ0) is 17.6. The van der Waals surface area contributed by atoms with Gasteiger partial charge in [-0.2, -0.15) is 0 Å². The van der Waals surface area contributed by atoms with Gasteiger partial charge in [0.15, 0.2) is 5.78 Å². The normalized spacial score (nSPS) is 16.2. The molecular formula is C21H25NO3. The predicted octanol–water partition coefficient (Wildman–Crippen LogP) is 3.67. The van der Waals surface area contributed by atoms with Gasteiger partial charge in [-0.05, 0) is 49.5 Å². The first-order chi connectivity index (χ1) is 12.3. The van der Waals surface area contributed by atoms with Crippen molar-refractivity contribution in [1.29, 1.82) is 0 Å². The largest absolute Gasteiger partial charge is 0.496 e. The number of rotatable bonds is 6. The van der Waals surface area contributed by atoms with Gasteiger partial charge in [0.25, 0.3) is 0 Å². The number of nitrogens with one attached hydrogen (secondary N) is 1. The molecule has 0 amide bonds. The Hall–Kier alpha value is -2.33. The highest BCUT2D eigenvalue weighted by Gasteiger charge is 2.34. The second-order valence-electron chi connectivity index (χ2n) is 6.38. The Bertz CT molecular complexity index is 686. The summed E-state index contributed by atoms with van der Waals surface area (Å²) < 4.78 is 10.9. The molecule has 0 saturated carbocycles. The third-order valence-corrected chi connectivity index (χ3v) is 4.97. The van der Waals surface area contributed by atoms with Crippen molar-refractivity contribution in [3.05, 3.63) is 59.7 Å². The second kappa shape index (κ2) is 8.17. The van der Waals surface area contributed by atoms with E-state index in [-0.39, 0.29) is 11.7 Å². The molecule has 0 aliphatic carbocycles. The number of carbonyl (C=O) groups excluding carboxylic acids is 1. The fraction of sp³-hybridized carbons (Fsp3) is 0.381. The van der Waals surface area contributed by atoms with Crippen LogP contribution in [0.5, 0.6) is 11.5 Å². The maximum absolute atomic E-state index is 13.6. The Morgan fingerprint density at radius 2 is 1.56 bits per heavy atom. The number of ketones is 1. The lowest BCUT2D eigenvalue weighted by molar-refractivity contribution is 0.0909. The molecular weight excluding hydrogens is 314 g/mol. The molecule has 1 aliphatic rings. The van der Waals surface area contributed by atoms with E-state index in [2.05, 4.69) is 5.32 Å². The van der Waals surface area contributed by atoms with Gasteiger partial charge in [-0.25, -0.2) is 0 Å². The quantitative estimate of drug-likeness (QED) is 0.816. The summed E-state index contributed by atoms with van der Waals surface area (Å²) in [5.41, 5.74) is 1.60. The Morgan fingerprint density at radius 1 is 0.960 bits per heavy atom. The molecule has 0 aromatic heterocycles. The minimum absolute atomic E-state index is 0.0763. The molecule has 2 aromatic rings. The van der Waals surface area contributed by atoms with Gasteiger partial charge in [0.2, 0.25) is 0 Å². The summed E-state index contributed by atoms with van der Waals surface area (Å²) in [5, 5.41) is 3.38. The van der Waals surface area contributed by atoms with Gasteiger partial charge >= 0.3 is 0 Å². The fourth-order valence-electron chi connectivity index (χ4n) is 3.73. The number of piperidine rings is 1. The molecule has 1 atom stereocenters. The van der Waals surface area contributed by atoms with E-state index >= 15 is 0 Å². The van der Waals surface area contributed by atoms with Crippen LogP contribution in [-0.4, -0.2) is 33.1 Å². The van der Waals surface area contributed by atoms with Crippen molar-refractivity contribution in [3.8, 4) is 11.5 Å². The maximum Gasteiger partial charge on any atom is 0.178 e. The smallest absolute Gasteiger partial charge is 0.178 e. The molecule has 1 N–H and O–H groups in total. The molecule has 4 heteroatoms. The second-order valence-corrected chi connectivity index (χ2v) is 6.38. The Morgan fingerprint density at radius 3 is 2.12 bits per heavy atom. The lowest BCUT2D eigenvalue weighted by atomic mass is 9.76. The Balaban J connectivity index is 2.06. The number of ether oxygens (including phenoxy) is 2. The monoisotopic (exact) mass is 339 g/mol. The average Bonchev–Trinajstić information content (AvgIpc) is 2.69. The van der Waals surface area contributed by atoms with Gasteiger partial charge in [0.05, 0.1) is 20.1 Å². The van der Waals surface area contributed by atoms with Crippen LogP contribution in [0.1, 0.15) is 34.7 Å². The first-order valence-corrected chi connectivity index (χ1v) is 8.77. The van der Waals surface area contributed by atoms with Crippen LogP contribution >= 0.6 is 0 Å². The molecule has 1 heterocycles. The molecule has 132 valence electrons. The van der Waals surface area contributed by atoms with Crippen LogP contribution in [-0.2, 0) is 0 Å². The van der Waals surface area contributed by atoms with E-state index in [1.807, 2.05) is 48.5 Å². The summed E-state index contributed by atoms with van der Waals surface area (Å²) in [4.78, 5) is 13.6. The maximum atomic E-state index is 13.6. The summed E-state index contributed by atoms with van der Waals surface area (Å²) in [5.74, 6) is 1.34. The predicted molar refractivity (Wildman–Crippen MR) is 98.7 cm³/mol. The number of hydrogen-bond donors (Lipinski definition) is 1. The van der Waals surface area contributed by atoms with E-state index in [0.717, 1.165) is 31.5 Å². The van der Waals surface area contributed by atoms with Gasteiger partial charge in [0.1, 0.15) is 17.1 Å². The molecule has 0 bridgehead atoms. The highest BCUT2D eigenvalue weighted by molar-refractivity contribution is 6.05. The molecule has 1 fully saturated rings. The first-order valence-electron chi connectivity index (χ1n) is 8.77. The van der Waals surface area contributed by atoms with Crippen molar-refractivity contribution in [1.82, 2.24) is 5.32 Å². The van der Waals surface area contributed by atoms with Crippen molar-refractivity contribution in [2.45, 2.75) is 18.8 Å². The molecule has 1 unspecified atom stereocenters. The standard InChI is InChI=1S/C21H25NO3/c1-24-17-9-6-10-18(25-2)20(17)21(23)19(15-7-4-3-5-8-15)16-11-13-22-14-12-16/h3-10,16,19,22H,11-14H2,1-2H3. The fourth-order valence-corrected chi connectivity index (χ4v) is 3.73. The topological polar surface area (TPSA) is 47.6 Å². The number of benzene rings is 2. The molecule has 2 aromatic carbocycles. The molecule has 0 radical (unpaired) electrons. The van der Waals surface area contributed by atoms with Crippen LogP contribution in [0.15, 0.2) is 48.5 Å². The third-order valence-electron chi connectivity index (χ3n) is 4.97. The van der Waals surface area contributed by atoms with Gasteiger partial charge in [-0.15, -0.1) is 0 Å². The summed E-state index contributed by atoms with van der Waals surface area (Å²) >= 11 is 0. The Kier molecular flexibility index (Phi) is 5.71. The summed E-state index contributed by atoms with van der Waals surface area (Å²) in [6, 6.07) is 15.6. The number of methoxy groups -OCH3 is 2. The summed E-state index contributed by atoms with van der Waals surface area (Å²) in [6.45, 7) is 1.90. The van der Waals surface area contributed by atoms with Crippen LogP contribution in [0, 0.1) is 5.92 Å². The highest BCUT2D eigenvalue weighted by Crippen LogP contribution is 2.39. The molecule has 1 saturated heterocycles. The third kappa shape index (κ3) is 3.69. The van der Waals surface area contributed by atoms with Gasteiger partial charge in [-0.1, -0.05) is 36.4 Å². The molecule has 0 spiro atoms. The van der Waals surface area contributed by atoms with Gasteiger partial charge in [0, 0.05) is 0 Å². The molecule has 25 heavy (non-hydrogen) atoms. The van der Waals surface area contributed by atoms with Crippen LogP contribution < -0.4 is 14.8 Å². The van der Waals surface area contributed by atoms with E-state index < -0.39 is 0 Å². The summed E-state index contributed by atoms with van der Waals surface area (Å²) in [6.07, 6.45) is 1.98. The molecule has 4 nitrogen and oxygen atoms in total. The van der Waals surface area contributed by atoms with Gasteiger partial charge in [-0.3, -0.25) is 4.79 Å². The Labute approximate surface area is 149 Å². The minimum atomic E-state index is -0.187. The number of Topliss-reactive ketones (excluding diaryl/α,β-unsaturated/α-hetero) is 1. The SMILES string of the molecule is COc1cccc(OC)c1C(=O)C(c1ccccc1)C1CCNCC1. The highest BCUT2D eigenvalue weighted by atomic mass is 16.5. The lowest BCUT2D eigenvalue weighted by Gasteiger charge is -2.31. The van der Waals surface area contributed by atoms with Crippen molar-refractivity contribution in [3.63, 3.8) is 0 Å². The van der Waals surface area contributed by atoms with Gasteiger partial charge < -0.3 is 14.8 Å². The zero-order valence-electron chi connectivity index (χ0n) is 14.8. The van der Waals surface area contributed by atoms with Crippen molar-refractivity contribution in [2.24, 2.45) is 5.92 Å². The molecule has 3 rings (SSSR count). The van der Waals surface area contributed by atoms with Crippen LogP contribution in [0.25, 0.3) is 0 Å². The lowest BCUT2D eigenvalue weighted by Crippen LogP contribution is -2.34. The van der Waals surface area contributed by atoms with Crippen molar-refractivity contribution in [2.75, 3.05) is 27.3 Å². The number of hydrogen-bond acceptors (Lipinski definition) is 4. The zero-order valence-corrected chi connectivity index (χ0v) is 14.8. The minimum Gasteiger partial charge on any atom is -0.496 e.